The van der Waals surface area contributed by atoms with Gasteiger partial charge in [0.15, 0.2) is 0 Å². The molecule has 0 saturated heterocycles. The molecule has 0 bridgehead atoms. The first-order chi connectivity index (χ1) is 7.40. The van der Waals surface area contributed by atoms with Crippen molar-refractivity contribution in [2.45, 2.75) is 9.92 Å². The van der Waals surface area contributed by atoms with Crippen molar-refractivity contribution in [2.24, 2.45) is 0 Å². The molecule has 2 aromatic rings. The molecule has 0 spiro atoms. The molecule has 0 saturated carbocycles. The molecule has 0 atom stereocenters. The van der Waals surface area contributed by atoms with Crippen LogP contribution in [0.4, 0.5) is 0 Å². The molecule has 0 aliphatic rings. The van der Waals surface area contributed by atoms with Gasteiger partial charge in [0.05, 0.1) is 5.56 Å². The van der Waals surface area contributed by atoms with Crippen molar-refractivity contribution in [2.75, 3.05) is 0 Å². The minimum atomic E-state index is 0.598. The summed E-state index contributed by atoms with van der Waals surface area (Å²) in [7, 11) is 0. The van der Waals surface area contributed by atoms with E-state index in [1.54, 1.807) is 30.7 Å². The zero-order valence-corrected chi connectivity index (χ0v) is 8.48. The summed E-state index contributed by atoms with van der Waals surface area (Å²) in [5, 5.41) is 17.3. The lowest BCUT2D eigenvalue weighted by atomic mass is 10.3. The molecule has 2 aromatic heterocycles. The molecule has 15 heavy (non-hydrogen) atoms. The standard InChI is InChI=1S/C10H6N4S/c11-6-8-3-5-12-7-9(8)15-10-2-1-4-13-14-10/h1-5,7H. The summed E-state index contributed by atoms with van der Waals surface area (Å²) in [4.78, 5) is 4.76. The second kappa shape index (κ2) is 4.53. The van der Waals surface area contributed by atoms with E-state index in [0.29, 0.717) is 5.56 Å². The SMILES string of the molecule is N#Cc1ccncc1Sc1cccnn1. The van der Waals surface area contributed by atoms with E-state index in [9.17, 15) is 0 Å². The second-order valence-electron chi connectivity index (χ2n) is 2.65. The Bertz CT molecular complexity index is 492. The maximum atomic E-state index is 8.87. The molecule has 0 amide bonds. The van der Waals surface area contributed by atoms with Crippen LogP contribution in [0.2, 0.25) is 0 Å². The number of nitrogens with zero attached hydrogens (tertiary/aromatic N) is 4. The van der Waals surface area contributed by atoms with E-state index in [0.717, 1.165) is 9.92 Å². The summed E-state index contributed by atoms with van der Waals surface area (Å²) in [6.45, 7) is 0. The first-order valence-electron chi connectivity index (χ1n) is 4.20. The van der Waals surface area contributed by atoms with Crippen LogP contribution in [0.25, 0.3) is 0 Å². The van der Waals surface area contributed by atoms with Gasteiger partial charge >= 0.3 is 0 Å². The lowest BCUT2D eigenvalue weighted by molar-refractivity contribution is 0.928. The quantitative estimate of drug-likeness (QED) is 0.764. The largest absolute Gasteiger partial charge is 0.263 e. The van der Waals surface area contributed by atoms with Crippen molar-refractivity contribution in [3.8, 4) is 6.07 Å². The van der Waals surface area contributed by atoms with Gasteiger partial charge in [0.2, 0.25) is 0 Å². The van der Waals surface area contributed by atoms with Crippen LogP contribution in [0.1, 0.15) is 5.56 Å². The van der Waals surface area contributed by atoms with Crippen molar-refractivity contribution in [3.63, 3.8) is 0 Å². The topological polar surface area (TPSA) is 62.5 Å². The van der Waals surface area contributed by atoms with E-state index < -0.39 is 0 Å². The molecule has 2 heterocycles. The number of hydrogen-bond donors (Lipinski definition) is 0. The minimum Gasteiger partial charge on any atom is -0.263 e. The summed E-state index contributed by atoms with van der Waals surface area (Å²) >= 11 is 1.38. The van der Waals surface area contributed by atoms with E-state index >= 15 is 0 Å². The summed E-state index contributed by atoms with van der Waals surface area (Å²) < 4.78 is 0. The Morgan fingerprint density at radius 2 is 2.20 bits per heavy atom. The van der Waals surface area contributed by atoms with Crippen LogP contribution >= 0.6 is 11.8 Å². The Balaban J connectivity index is 2.29. The molecule has 72 valence electrons. The van der Waals surface area contributed by atoms with Crippen LogP contribution in [0.3, 0.4) is 0 Å². The third kappa shape index (κ3) is 2.30. The molecule has 0 aliphatic heterocycles. The van der Waals surface area contributed by atoms with Gasteiger partial charge in [0.1, 0.15) is 11.1 Å². The Labute approximate surface area is 91.0 Å². The predicted octanol–water partition coefficient (Wildman–Crippen LogP) is 1.89. The fourth-order valence-corrected chi connectivity index (χ4v) is 1.81. The van der Waals surface area contributed by atoms with Crippen LogP contribution < -0.4 is 0 Å². The molecule has 2 rings (SSSR count). The van der Waals surface area contributed by atoms with Gasteiger partial charge < -0.3 is 0 Å². The second-order valence-corrected chi connectivity index (χ2v) is 3.71. The third-order valence-electron chi connectivity index (χ3n) is 1.67. The Hall–Kier alpha value is -1.93. The number of rotatable bonds is 2. The van der Waals surface area contributed by atoms with E-state index in [2.05, 4.69) is 21.3 Å². The lowest BCUT2D eigenvalue weighted by Gasteiger charge is -2.00. The molecular weight excluding hydrogens is 208 g/mol. The average molecular weight is 214 g/mol. The van der Waals surface area contributed by atoms with Crippen LogP contribution in [-0.2, 0) is 0 Å². The lowest BCUT2D eigenvalue weighted by Crippen LogP contribution is -1.86. The normalized spacial score (nSPS) is 9.53. The van der Waals surface area contributed by atoms with Crippen molar-refractivity contribution in [1.82, 2.24) is 15.2 Å². The molecule has 0 aromatic carbocycles. The van der Waals surface area contributed by atoms with Crippen LogP contribution in [0.5, 0.6) is 0 Å². The van der Waals surface area contributed by atoms with Crippen molar-refractivity contribution >= 4 is 11.8 Å². The highest BCUT2D eigenvalue weighted by atomic mass is 32.2. The number of hydrogen-bond acceptors (Lipinski definition) is 5. The monoisotopic (exact) mass is 214 g/mol. The fraction of sp³-hybridized carbons (Fsp3) is 0. The highest BCUT2D eigenvalue weighted by Crippen LogP contribution is 2.26. The van der Waals surface area contributed by atoms with Gasteiger partial charge in [-0.25, -0.2) is 0 Å². The number of aromatic nitrogens is 3. The molecular formula is C10H6N4S. The van der Waals surface area contributed by atoms with Gasteiger partial charge in [0, 0.05) is 23.5 Å². The molecule has 5 heteroatoms. The van der Waals surface area contributed by atoms with E-state index in [1.807, 2.05) is 6.07 Å². The van der Waals surface area contributed by atoms with Crippen LogP contribution in [0.15, 0.2) is 46.7 Å². The van der Waals surface area contributed by atoms with Crippen molar-refractivity contribution in [3.05, 3.63) is 42.4 Å². The summed E-state index contributed by atoms with van der Waals surface area (Å²) in [6, 6.07) is 7.43. The van der Waals surface area contributed by atoms with Crippen molar-refractivity contribution < 1.29 is 0 Å². The summed E-state index contributed by atoms with van der Waals surface area (Å²) in [5.41, 5.74) is 0.598. The Kier molecular flexibility index (Phi) is 2.90. The molecule has 0 radical (unpaired) electrons. The average Bonchev–Trinajstić information content (AvgIpc) is 2.31. The van der Waals surface area contributed by atoms with Gasteiger partial charge in [-0.1, -0.05) is 11.8 Å². The first kappa shape index (κ1) is 9.62. The van der Waals surface area contributed by atoms with E-state index in [4.69, 9.17) is 5.26 Å². The predicted molar refractivity (Wildman–Crippen MR) is 55.1 cm³/mol. The Morgan fingerprint density at radius 3 is 2.93 bits per heavy atom. The fourth-order valence-electron chi connectivity index (χ4n) is 1.01. The van der Waals surface area contributed by atoms with Gasteiger partial charge in [0.25, 0.3) is 0 Å². The first-order valence-corrected chi connectivity index (χ1v) is 5.01. The molecule has 0 aliphatic carbocycles. The number of nitriles is 1. The summed E-state index contributed by atoms with van der Waals surface area (Å²) in [6.07, 6.45) is 4.86. The van der Waals surface area contributed by atoms with Crippen LogP contribution in [0, 0.1) is 11.3 Å². The molecule has 0 unspecified atom stereocenters. The zero-order chi connectivity index (χ0) is 10.5. The summed E-state index contributed by atoms with van der Waals surface area (Å²) in [5.74, 6) is 0. The highest BCUT2D eigenvalue weighted by molar-refractivity contribution is 7.99. The maximum Gasteiger partial charge on any atom is 0.124 e. The Morgan fingerprint density at radius 1 is 1.27 bits per heavy atom. The zero-order valence-electron chi connectivity index (χ0n) is 7.66. The van der Waals surface area contributed by atoms with Gasteiger partial charge in [-0.3, -0.25) is 4.98 Å². The van der Waals surface area contributed by atoms with E-state index in [-0.39, 0.29) is 0 Å². The minimum absolute atomic E-state index is 0.598. The van der Waals surface area contributed by atoms with E-state index in [1.165, 1.54) is 11.8 Å². The molecule has 4 nitrogen and oxygen atoms in total. The van der Waals surface area contributed by atoms with Crippen molar-refractivity contribution in [1.29, 1.82) is 5.26 Å². The smallest absolute Gasteiger partial charge is 0.124 e. The van der Waals surface area contributed by atoms with Gasteiger partial charge in [-0.15, -0.1) is 5.10 Å². The van der Waals surface area contributed by atoms with Gasteiger partial charge in [-0.05, 0) is 18.2 Å². The third-order valence-corrected chi connectivity index (χ3v) is 2.64. The van der Waals surface area contributed by atoms with Crippen LogP contribution in [-0.4, -0.2) is 15.2 Å². The highest BCUT2D eigenvalue weighted by Gasteiger charge is 2.04. The van der Waals surface area contributed by atoms with Gasteiger partial charge in [-0.2, -0.15) is 10.4 Å². The maximum absolute atomic E-state index is 8.87. The number of pyridine rings is 1. The molecule has 0 N–H and O–H groups in total. The molecule has 0 fully saturated rings.